The lowest BCUT2D eigenvalue weighted by Crippen LogP contribution is -2.43. The van der Waals surface area contributed by atoms with Gasteiger partial charge in [0.05, 0.1) is 13.7 Å². The van der Waals surface area contributed by atoms with Gasteiger partial charge in [0, 0.05) is 27.8 Å². The fourth-order valence-corrected chi connectivity index (χ4v) is 2.02. The van der Waals surface area contributed by atoms with Gasteiger partial charge in [0.15, 0.2) is 11.5 Å². The minimum Gasteiger partial charge on any atom is -0.504 e. The van der Waals surface area contributed by atoms with Crippen molar-refractivity contribution in [1.29, 1.82) is 0 Å². The van der Waals surface area contributed by atoms with E-state index in [2.05, 4.69) is 9.90 Å². The summed E-state index contributed by atoms with van der Waals surface area (Å²) in [5.74, 6) is -1.28. The van der Waals surface area contributed by atoms with Crippen LogP contribution in [0.1, 0.15) is 17.3 Å². The molecule has 1 aromatic carbocycles. The predicted octanol–water partition coefficient (Wildman–Crippen LogP) is 1.48. The maximum Gasteiger partial charge on any atom is 0.329 e. The molecule has 1 amide bonds. The Balaban J connectivity index is 2.83. The van der Waals surface area contributed by atoms with Crippen LogP contribution in [-0.2, 0) is 9.53 Å². The quantitative estimate of drug-likeness (QED) is 0.422. The van der Waals surface area contributed by atoms with Gasteiger partial charge in [0.2, 0.25) is 0 Å². The van der Waals surface area contributed by atoms with Crippen molar-refractivity contribution in [1.82, 2.24) is 5.32 Å². The number of nitrogens with zero attached hydrogens (tertiary/aromatic N) is 1. The van der Waals surface area contributed by atoms with Gasteiger partial charge in [-0.1, -0.05) is 0 Å². The summed E-state index contributed by atoms with van der Waals surface area (Å²) < 4.78 is 12.3. The molecule has 0 saturated heterocycles. The molecular weight excluding hydrogens is 312 g/mol. The first-order valence-electron chi connectivity index (χ1n) is 6.32. The molecule has 0 bridgehead atoms. The van der Waals surface area contributed by atoms with Gasteiger partial charge in [-0.25, -0.2) is 4.79 Å². The van der Waals surface area contributed by atoms with E-state index in [0.29, 0.717) is 11.9 Å². The van der Waals surface area contributed by atoms with Crippen molar-refractivity contribution in [2.75, 3.05) is 19.5 Å². The van der Waals surface area contributed by atoms with Crippen LogP contribution < -0.4 is 10.1 Å². The van der Waals surface area contributed by atoms with Crippen molar-refractivity contribution in [3.63, 3.8) is 0 Å². The van der Waals surface area contributed by atoms with Crippen molar-refractivity contribution in [3.05, 3.63) is 28.7 Å². The summed E-state index contributed by atoms with van der Waals surface area (Å²) in [6.45, 7) is 1.77. The lowest BCUT2D eigenvalue weighted by atomic mass is 10.1. The molecule has 0 aliphatic heterocycles. The largest absolute Gasteiger partial charge is 0.504 e. The van der Waals surface area contributed by atoms with Gasteiger partial charge in [-0.3, -0.25) is 4.79 Å². The second-order valence-corrected chi connectivity index (χ2v) is 4.78. The molecular formula is C13H16N2O6S. The molecule has 22 heavy (non-hydrogen) atoms. The van der Waals surface area contributed by atoms with E-state index in [1.807, 2.05) is 0 Å². The van der Waals surface area contributed by atoms with E-state index >= 15 is 0 Å². The molecule has 1 aromatic rings. The number of aromatic hydroxyl groups is 1. The Bertz CT molecular complexity index is 551. The maximum absolute atomic E-state index is 12.1. The molecule has 0 unspecified atom stereocenters. The van der Waals surface area contributed by atoms with Crippen molar-refractivity contribution < 1.29 is 24.2 Å². The summed E-state index contributed by atoms with van der Waals surface area (Å²) >= 11 is 0.601. The molecule has 1 atom stereocenters. The number of hydrogen-bond donors (Lipinski definition) is 2. The number of methoxy groups -OCH3 is 1. The van der Waals surface area contributed by atoms with Crippen LogP contribution in [-0.4, -0.2) is 42.5 Å². The van der Waals surface area contributed by atoms with E-state index in [1.54, 1.807) is 6.92 Å². The summed E-state index contributed by atoms with van der Waals surface area (Å²) in [6.07, 6.45) is 0. The Morgan fingerprint density at radius 2 is 2.18 bits per heavy atom. The third kappa shape index (κ3) is 4.92. The maximum atomic E-state index is 12.1. The summed E-state index contributed by atoms with van der Waals surface area (Å²) in [7, 11) is 1.38. The number of benzene rings is 1. The van der Waals surface area contributed by atoms with E-state index in [4.69, 9.17) is 9.47 Å². The van der Waals surface area contributed by atoms with Gasteiger partial charge >= 0.3 is 5.97 Å². The van der Waals surface area contributed by atoms with Crippen LogP contribution in [0.4, 0.5) is 0 Å². The first-order valence-corrected chi connectivity index (χ1v) is 7.26. The fourth-order valence-electron chi connectivity index (χ4n) is 1.59. The van der Waals surface area contributed by atoms with Gasteiger partial charge in [0.25, 0.3) is 5.91 Å². The number of nitroso groups, excluding NO2 is 1. The molecule has 0 spiro atoms. The van der Waals surface area contributed by atoms with Crippen molar-refractivity contribution in [2.24, 2.45) is 4.58 Å². The Kier molecular flexibility index (Phi) is 7.17. The average molecular weight is 328 g/mol. The van der Waals surface area contributed by atoms with Crippen LogP contribution in [0.25, 0.3) is 0 Å². The molecule has 0 aliphatic rings. The molecule has 120 valence electrons. The molecule has 0 heterocycles. The Morgan fingerprint density at radius 1 is 1.45 bits per heavy atom. The third-order valence-corrected chi connectivity index (χ3v) is 3.20. The Hall–Kier alpha value is -2.29. The number of amides is 1. The minimum absolute atomic E-state index is 0.0454. The van der Waals surface area contributed by atoms with Crippen LogP contribution >= 0.6 is 11.9 Å². The van der Waals surface area contributed by atoms with Gasteiger partial charge in [0.1, 0.15) is 6.04 Å². The number of carbonyl (C=O) groups excluding carboxylic acids is 2. The number of phenolic OH excluding ortho intramolecular Hbond substituents is 1. The first-order chi connectivity index (χ1) is 10.5. The SMILES string of the molecule is CCOC(=O)[C@H](CSN=O)NC(=O)c1ccc(OC)c(O)c1. The average Bonchev–Trinajstić information content (AvgIpc) is 2.51. The number of rotatable bonds is 8. The topological polar surface area (TPSA) is 114 Å². The Labute approximate surface area is 131 Å². The molecule has 0 aliphatic carbocycles. The Morgan fingerprint density at radius 3 is 2.73 bits per heavy atom. The van der Waals surface area contributed by atoms with Gasteiger partial charge in [-0.2, -0.15) is 0 Å². The van der Waals surface area contributed by atoms with Crippen molar-refractivity contribution in [3.8, 4) is 11.5 Å². The first kappa shape index (κ1) is 17.8. The monoisotopic (exact) mass is 328 g/mol. The molecule has 0 radical (unpaired) electrons. The summed E-state index contributed by atoms with van der Waals surface area (Å²) in [5.41, 5.74) is 0.136. The van der Waals surface area contributed by atoms with Crippen LogP contribution in [0, 0.1) is 4.91 Å². The highest BCUT2D eigenvalue weighted by Gasteiger charge is 2.23. The van der Waals surface area contributed by atoms with E-state index in [1.165, 1.54) is 25.3 Å². The molecule has 2 N–H and O–H groups in total. The zero-order valence-electron chi connectivity index (χ0n) is 12.1. The lowest BCUT2D eigenvalue weighted by Gasteiger charge is -2.15. The third-order valence-electron chi connectivity index (χ3n) is 2.61. The van der Waals surface area contributed by atoms with Crippen LogP contribution in [0.2, 0.25) is 0 Å². The standard InChI is InChI=1S/C13H16N2O6S/c1-3-21-13(18)9(7-22-15-19)14-12(17)8-4-5-11(20-2)10(16)6-8/h4-6,9,16H,3,7H2,1-2H3,(H,14,17)/t9-/m0/s1. The van der Waals surface area contributed by atoms with Gasteiger partial charge in [-0.15, -0.1) is 4.91 Å². The van der Waals surface area contributed by atoms with Gasteiger partial charge in [-0.05, 0) is 25.1 Å². The zero-order valence-corrected chi connectivity index (χ0v) is 12.9. The minimum atomic E-state index is -1.01. The number of carbonyl (C=O) groups is 2. The normalized spacial score (nSPS) is 11.4. The second-order valence-electron chi connectivity index (χ2n) is 4.04. The van der Waals surface area contributed by atoms with E-state index < -0.39 is 17.9 Å². The molecule has 0 saturated carbocycles. The smallest absolute Gasteiger partial charge is 0.329 e. The van der Waals surface area contributed by atoms with Gasteiger partial charge < -0.3 is 19.9 Å². The number of esters is 1. The summed E-state index contributed by atoms with van der Waals surface area (Å²) in [5, 5.41) is 12.1. The summed E-state index contributed by atoms with van der Waals surface area (Å²) in [6, 6.07) is 3.05. The van der Waals surface area contributed by atoms with Crippen LogP contribution in [0.15, 0.2) is 22.8 Å². The highest BCUT2D eigenvalue weighted by molar-refractivity contribution is 7.97. The zero-order chi connectivity index (χ0) is 16.5. The number of hydrogen-bond acceptors (Lipinski definition) is 8. The van der Waals surface area contributed by atoms with E-state index in [9.17, 15) is 19.6 Å². The number of ether oxygens (including phenoxy) is 2. The number of phenols is 1. The molecule has 8 nitrogen and oxygen atoms in total. The van der Waals surface area contributed by atoms with Crippen molar-refractivity contribution in [2.45, 2.75) is 13.0 Å². The van der Waals surface area contributed by atoms with E-state index in [-0.39, 0.29) is 29.4 Å². The van der Waals surface area contributed by atoms with Crippen LogP contribution in [0.3, 0.4) is 0 Å². The second kappa shape index (κ2) is 8.88. The lowest BCUT2D eigenvalue weighted by molar-refractivity contribution is -0.144. The fraction of sp³-hybridized carbons (Fsp3) is 0.385. The van der Waals surface area contributed by atoms with Crippen molar-refractivity contribution >= 4 is 23.8 Å². The molecule has 1 rings (SSSR count). The molecule has 0 fully saturated rings. The predicted molar refractivity (Wildman–Crippen MR) is 80.8 cm³/mol. The molecule has 9 heteroatoms. The number of nitrogens with one attached hydrogen (secondary N) is 1. The van der Waals surface area contributed by atoms with Crippen LogP contribution in [0.5, 0.6) is 11.5 Å². The molecule has 0 aromatic heterocycles. The highest BCUT2D eigenvalue weighted by atomic mass is 32.2. The highest BCUT2D eigenvalue weighted by Crippen LogP contribution is 2.26. The van der Waals surface area contributed by atoms with E-state index in [0.717, 1.165) is 0 Å². The summed E-state index contributed by atoms with van der Waals surface area (Å²) in [4.78, 5) is 34.0.